The molecule has 1 unspecified atom stereocenters. The van der Waals surface area contributed by atoms with Gasteiger partial charge in [0, 0.05) is 37.6 Å². The molecule has 0 radical (unpaired) electrons. The second kappa shape index (κ2) is 9.62. The van der Waals surface area contributed by atoms with Gasteiger partial charge in [-0.15, -0.1) is 24.8 Å². The monoisotopic (exact) mass is 367 g/mol. The molecule has 24 heavy (non-hydrogen) atoms. The van der Waals surface area contributed by atoms with Crippen molar-refractivity contribution in [1.29, 1.82) is 0 Å². The van der Waals surface area contributed by atoms with Crippen LogP contribution in [0.3, 0.4) is 0 Å². The highest BCUT2D eigenvalue weighted by Gasteiger charge is 2.28. The number of pyridine rings is 1. The minimum Gasteiger partial charge on any atom is -0.329 e. The fourth-order valence-electron chi connectivity index (χ4n) is 2.88. The van der Waals surface area contributed by atoms with Crippen LogP contribution in [0.25, 0.3) is 0 Å². The van der Waals surface area contributed by atoms with E-state index in [1.54, 1.807) is 24.5 Å². The number of rotatable bonds is 3. The average Bonchev–Trinajstić information content (AvgIpc) is 2.62. The predicted octanol–water partition coefficient (Wildman–Crippen LogP) is 3.27. The summed E-state index contributed by atoms with van der Waals surface area (Å²) in [5, 5.41) is 3.39. The summed E-state index contributed by atoms with van der Waals surface area (Å²) in [7, 11) is 0. The summed E-state index contributed by atoms with van der Waals surface area (Å²) in [6, 6.07) is 12.2. The average molecular weight is 368 g/mol. The van der Waals surface area contributed by atoms with E-state index in [1.165, 1.54) is 11.1 Å². The molecule has 1 N–H and O–H groups in total. The van der Waals surface area contributed by atoms with Gasteiger partial charge in [0.25, 0.3) is 5.91 Å². The summed E-state index contributed by atoms with van der Waals surface area (Å²) in [5.41, 5.74) is 3.21. The van der Waals surface area contributed by atoms with Crippen molar-refractivity contribution in [2.24, 2.45) is 0 Å². The second-order valence-corrected chi connectivity index (χ2v) is 5.55. The molecule has 3 rings (SSSR count). The molecule has 0 spiro atoms. The lowest BCUT2D eigenvalue weighted by molar-refractivity contribution is 0.0634. The van der Waals surface area contributed by atoms with E-state index in [0.717, 1.165) is 26.1 Å². The van der Waals surface area contributed by atoms with Crippen molar-refractivity contribution >= 4 is 30.7 Å². The molecule has 6 heteroatoms. The molecule has 1 aromatic carbocycles. The Morgan fingerprint density at radius 1 is 1.17 bits per heavy atom. The SMILES string of the molecule is CCc1ccc(C2CNCCN2C(=O)c2ccncc2)cc1.Cl.Cl. The zero-order valence-corrected chi connectivity index (χ0v) is 15.3. The molecule has 2 heterocycles. The fraction of sp³-hybridized carbons (Fsp3) is 0.333. The Morgan fingerprint density at radius 2 is 1.83 bits per heavy atom. The molecule has 0 aliphatic carbocycles. The highest BCUT2D eigenvalue weighted by Crippen LogP contribution is 2.24. The number of halogens is 2. The fourth-order valence-corrected chi connectivity index (χ4v) is 2.88. The summed E-state index contributed by atoms with van der Waals surface area (Å²) in [6.45, 7) is 4.50. The second-order valence-electron chi connectivity index (χ2n) is 5.55. The minimum absolute atomic E-state index is 0. The first-order chi connectivity index (χ1) is 10.8. The van der Waals surface area contributed by atoms with Gasteiger partial charge in [-0.2, -0.15) is 0 Å². The Balaban J connectivity index is 0.00000144. The van der Waals surface area contributed by atoms with Crippen molar-refractivity contribution in [2.45, 2.75) is 19.4 Å². The summed E-state index contributed by atoms with van der Waals surface area (Å²) < 4.78 is 0. The van der Waals surface area contributed by atoms with Crippen molar-refractivity contribution in [3.8, 4) is 0 Å². The molecule has 0 saturated carbocycles. The van der Waals surface area contributed by atoms with Crippen molar-refractivity contribution in [2.75, 3.05) is 19.6 Å². The van der Waals surface area contributed by atoms with Crippen molar-refractivity contribution in [1.82, 2.24) is 15.2 Å². The van der Waals surface area contributed by atoms with E-state index >= 15 is 0 Å². The topological polar surface area (TPSA) is 45.2 Å². The molecule has 1 saturated heterocycles. The number of nitrogens with zero attached hydrogens (tertiary/aromatic N) is 2. The highest BCUT2D eigenvalue weighted by atomic mass is 35.5. The maximum atomic E-state index is 12.8. The van der Waals surface area contributed by atoms with E-state index in [9.17, 15) is 4.79 Å². The van der Waals surface area contributed by atoms with Crippen LogP contribution in [-0.4, -0.2) is 35.4 Å². The van der Waals surface area contributed by atoms with Crippen LogP contribution >= 0.6 is 24.8 Å². The summed E-state index contributed by atoms with van der Waals surface area (Å²) in [4.78, 5) is 18.7. The molecule has 1 fully saturated rings. The van der Waals surface area contributed by atoms with E-state index in [-0.39, 0.29) is 36.8 Å². The molecule has 1 aliphatic heterocycles. The third-order valence-electron chi connectivity index (χ3n) is 4.20. The third kappa shape index (κ3) is 4.47. The van der Waals surface area contributed by atoms with Crippen LogP contribution in [0.4, 0.5) is 0 Å². The van der Waals surface area contributed by atoms with Gasteiger partial charge < -0.3 is 10.2 Å². The van der Waals surface area contributed by atoms with Crippen molar-refractivity contribution in [3.63, 3.8) is 0 Å². The van der Waals surface area contributed by atoms with Crippen LogP contribution < -0.4 is 5.32 Å². The third-order valence-corrected chi connectivity index (χ3v) is 4.20. The first-order valence-electron chi connectivity index (χ1n) is 7.80. The number of aryl methyl sites for hydroxylation is 1. The molecule has 2 aromatic rings. The molecule has 0 bridgehead atoms. The van der Waals surface area contributed by atoms with Gasteiger partial charge in [0.15, 0.2) is 0 Å². The zero-order chi connectivity index (χ0) is 15.4. The number of hydrogen-bond donors (Lipinski definition) is 1. The van der Waals surface area contributed by atoms with Gasteiger partial charge in [-0.3, -0.25) is 9.78 Å². The van der Waals surface area contributed by atoms with E-state index < -0.39 is 0 Å². The largest absolute Gasteiger partial charge is 0.329 e. The summed E-state index contributed by atoms with van der Waals surface area (Å²) in [6.07, 6.45) is 4.36. The number of benzene rings is 1. The Labute approximate surface area is 155 Å². The standard InChI is InChI=1S/C18H21N3O.2ClH/c1-2-14-3-5-15(6-4-14)17-13-20-11-12-21(17)18(22)16-7-9-19-10-8-16;;/h3-10,17,20H,2,11-13H2,1H3;2*1H. The first kappa shape index (κ1) is 20.4. The number of hydrogen-bond acceptors (Lipinski definition) is 3. The van der Waals surface area contributed by atoms with Crippen molar-refractivity contribution in [3.05, 3.63) is 65.5 Å². The van der Waals surface area contributed by atoms with Gasteiger partial charge in [-0.1, -0.05) is 31.2 Å². The van der Waals surface area contributed by atoms with Crippen LogP contribution in [0.5, 0.6) is 0 Å². The lowest BCUT2D eigenvalue weighted by Crippen LogP contribution is -2.48. The Morgan fingerprint density at radius 3 is 2.46 bits per heavy atom. The van der Waals surface area contributed by atoms with E-state index in [2.05, 4.69) is 41.5 Å². The lowest BCUT2D eigenvalue weighted by atomic mass is 10.00. The molecule has 130 valence electrons. The Hall–Kier alpha value is -1.62. The van der Waals surface area contributed by atoms with Crippen LogP contribution in [0.15, 0.2) is 48.8 Å². The van der Waals surface area contributed by atoms with E-state index in [1.807, 2.05) is 4.90 Å². The van der Waals surface area contributed by atoms with Gasteiger partial charge in [0.2, 0.25) is 0 Å². The van der Waals surface area contributed by atoms with Crippen LogP contribution in [0.2, 0.25) is 0 Å². The number of aromatic nitrogens is 1. The number of nitrogens with one attached hydrogen (secondary N) is 1. The molecule has 1 amide bonds. The maximum absolute atomic E-state index is 12.8. The molecular formula is C18H23Cl2N3O. The van der Waals surface area contributed by atoms with Gasteiger partial charge in [0.1, 0.15) is 0 Å². The van der Waals surface area contributed by atoms with Gasteiger partial charge in [-0.25, -0.2) is 0 Å². The summed E-state index contributed by atoms with van der Waals surface area (Å²) >= 11 is 0. The Bertz CT molecular complexity index is 634. The van der Waals surface area contributed by atoms with E-state index in [4.69, 9.17) is 0 Å². The molecule has 1 aromatic heterocycles. The number of amides is 1. The smallest absolute Gasteiger partial charge is 0.254 e. The molecule has 1 atom stereocenters. The predicted molar refractivity (Wildman–Crippen MR) is 101 cm³/mol. The van der Waals surface area contributed by atoms with Crippen LogP contribution in [-0.2, 0) is 6.42 Å². The number of piperazine rings is 1. The van der Waals surface area contributed by atoms with Crippen molar-refractivity contribution < 1.29 is 4.79 Å². The minimum atomic E-state index is 0. The van der Waals surface area contributed by atoms with Crippen LogP contribution in [0.1, 0.15) is 34.5 Å². The zero-order valence-electron chi connectivity index (χ0n) is 13.6. The quantitative estimate of drug-likeness (QED) is 0.905. The maximum Gasteiger partial charge on any atom is 0.254 e. The number of carbonyl (C=O) groups excluding carboxylic acids is 1. The molecule has 1 aliphatic rings. The van der Waals surface area contributed by atoms with E-state index in [0.29, 0.717) is 5.56 Å². The van der Waals surface area contributed by atoms with Gasteiger partial charge in [0.05, 0.1) is 6.04 Å². The highest BCUT2D eigenvalue weighted by molar-refractivity contribution is 5.94. The van der Waals surface area contributed by atoms with Crippen LogP contribution in [0, 0.1) is 0 Å². The van der Waals surface area contributed by atoms with Gasteiger partial charge in [-0.05, 0) is 29.7 Å². The Kier molecular flexibility index (Phi) is 8.19. The molecular weight excluding hydrogens is 345 g/mol. The molecule has 4 nitrogen and oxygen atoms in total. The summed E-state index contributed by atoms with van der Waals surface area (Å²) in [5.74, 6) is 0.0773. The first-order valence-corrected chi connectivity index (χ1v) is 7.80. The van der Waals surface area contributed by atoms with Gasteiger partial charge >= 0.3 is 0 Å². The lowest BCUT2D eigenvalue weighted by Gasteiger charge is -2.36. The number of carbonyl (C=O) groups is 1. The normalized spacial score (nSPS) is 16.7.